The molecule has 0 radical (unpaired) electrons. The molecule has 1 aliphatic heterocycles. The van der Waals surface area contributed by atoms with E-state index in [0.29, 0.717) is 24.2 Å². The van der Waals surface area contributed by atoms with Gasteiger partial charge in [-0.25, -0.2) is 9.97 Å². The van der Waals surface area contributed by atoms with E-state index >= 15 is 0 Å². The molecule has 0 saturated carbocycles. The smallest absolute Gasteiger partial charge is 0.254 e. The van der Waals surface area contributed by atoms with E-state index in [9.17, 15) is 0 Å². The van der Waals surface area contributed by atoms with Crippen molar-refractivity contribution < 1.29 is 4.74 Å². The van der Waals surface area contributed by atoms with Crippen LogP contribution in [0.2, 0.25) is 0 Å². The molecule has 0 amide bonds. The zero-order chi connectivity index (χ0) is 21.4. The third kappa shape index (κ3) is 4.07. The number of nitrogens with zero attached hydrogens (tertiary/aromatic N) is 8. The van der Waals surface area contributed by atoms with Gasteiger partial charge in [0.2, 0.25) is 5.88 Å². The van der Waals surface area contributed by atoms with Crippen LogP contribution >= 0.6 is 11.3 Å². The minimum absolute atomic E-state index is 0.485. The molecule has 0 unspecified atom stereocenters. The summed E-state index contributed by atoms with van der Waals surface area (Å²) in [5, 5.41) is 14.0. The number of piperidine rings is 1. The maximum atomic E-state index is 5.95. The Hall–Kier alpha value is -3.14. The predicted octanol–water partition coefficient (Wildman–Crippen LogP) is 3.26. The molecule has 0 N–H and O–H groups in total. The second kappa shape index (κ2) is 8.18. The second-order valence-electron chi connectivity index (χ2n) is 7.87. The molecular formula is C21H24N8OS. The molecule has 160 valence electrons. The fourth-order valence-corrected chi connectivity index (χ4v) is 4.84. The number of rotatable bonds is 5. The van der Waals surface area contributed by atoms with E-state index in [2.05, 4.69) is 41.2 Å². The fraction of sp³-hybridized carbons (Fsp3) is 0.429. The molecule has 5 rings (SSSR count). The monoisotopic (exact) mass is 436 g/mol. The Morgan fingerprint density at radius 1 is 1.10 bits per heavy atom. The number of hydrogen-bond donors (Lipinski definition) is 0. The summed E-state index contributed by atoms with van der Waals surface area (Å²) in [6, 6.07) is 5.93. The molecule has 0 aliphatic carbocycles. The Kier molecular flexibility index (Phi) is 5.23. The van der Waals surface area contributed by atoms with Crippen molar-refractivity contribution in [3.05, 3.63) is 40.9 Å². The lowest BCUT2D eigenvalue weighted by atomic mass is 9.98. The first-order valence-electron chi connectivity index (χ1n) is 10.4. The van der Waals surface area contributed by atoms with Gasteiger partial charge in [-0.3, -0.25) is 0 Å². The highest BCUT2D eigenvalue weighted by Crippen LogP contribution is 2.29. The molecule has 0 atom stereocenters. The lowest BCUT2D eigenvalue weighted by Crippen LogP contribution is -2.36. The zero-order valence-electron chi connectivity index (χ0n) is 17.8. The minimum atomic E-state index is 0.485. The average molecular weight is 437 g/mol. The number of anilines is 1. The molecule has 4 aromatic rings. The van der Waals surface area contributed by atoms with Gasteiger partial charge < -0.3 is 9.64 Å². The largest absolute Gasteiger partial charge is 0.476 e. The van der Waals surface area contributed by atoms with E-state index in [4.69, 9.17) is 4.74 Å². The highest BCUT2D eigenvalue weighted by molar-refractivity contribution is 7.15. The molecule has 0 spiro atoms. The van der Waals surface area contributed by atoms with Crippen LogP contribution in [0.5, 0.6) is 5.88 Å². The van der Waals surface area contributed by atoms with Crippen LogP contribution in [0, 0.1) is 26.7 Å². The van der Waals surface area contributed by atoms with E-state index in [-0.39, 0.29) is 0 Å². The summed E-state index contributed by atoms with van der Waals surface area (Å²) in [6.45, 7) is 8.53. The maximum Gasteiger partial charge on any atom is 0.254 e. The molecule has 1 aliphatic rings. The van der Waals surface area contributed by atoms with Crippen molar-refractivity contribution in [3.8, 4) is 16.5 Å². The first kappa shape index (κ1) is 19.8. The van der Waals surface area contributed by atoms with Crippen LogP contribution in [0.25, 0.3) is 16.3 Å². The first-order chi connectivity index (χ1) is 15.1. The van der Waals surface area contributed by atoms with Gasteiger partial charge >= 0.3 is 0 Å². The summed E-state index contributed by atoms with van der Waals surface area (Å²) < 4.78 is 7.76. The second-order valence-corrected chi connectivity index (χ2v) is 9.08. The molecule has 0 bridgehead atoms. The van der Waals surface area contributed by atoms with Gasteiger partial charge in [0.1, 0.15) is 17.8 Å². The van der Waals surface area contributed by atoms with Crippen LogP contribution in [-0.4, -0.2) is 54.5 Å². The quantitative estimate of drug-likeness (QED) is 0.471. The van der Waals surface area contributed by atoms with Gasteiger partial charge in [-0.1, -0.05) is 0 Å². The number of aryl methyl sites for hydroxylation is 3. The van der Waals surface area contributed by atoms with E-state index in [1.54, 1.807) is 17.7 Å². The van der Waals surface area contributed by atoms with E-state index in [1.165, 1.54) is 0 Å². The minimum Gasteiger partial charge on any atom is -0.476 e. The Morgan fingerprint density at radius 2 is 1.94 bits per heavy atom. The highest BCUT2D eigenvalue weighted by Gasteiger charge is 2.22. The summed E-state index contributed by atoms with van der Waals surface area (Å²) in [5.74, 6) is 2.75. The van der Waals surface area contributed by atoms with Gasteiger partial charge in [0.25, 0.3) is 5.78 Å². The van der Waals surface area contributed by atoms with Gasteiger partial charge in [-0.2, -0.15) is 14.6 Å². The van der Waals surface area contributed by atoms with Crippen molar-refractivity contribution in [1.29, 1.82) is 0 Å². The topological polar surface area (TPSA) is 94.2 Å². The third-order valence-corrected chi connectivity index (χ3v) is 6.64. The summed E-state index contributed by atoms with van der Waals surface area (Å²) in [5.41, 5.74) is 2.78. The van der Waals surface area contributed by atoms with Crippen LogP contribution in [0.3, 0.4) is 0 Å². The molecule has 4 aromatic heterocycles. The van der Waals surface area contributed by atoms with Gasteiger partial charge in [-0.15, -0.1) is 21.5 Å². The number of aromatic nitrogens is 7. The van der Waals surface area contributed by atoms with Crippen LogP contribution in [-0.2, 0) is 0 Å². The van der Waals surface area contributed by atoms with Gasteiger partial charge in [0.05, 0.1) is 22.2 Å². The zero-order valence-corrected chi connectivity index (χ0v) is 18.6. The molecule has 10 heteroatoms. The molecule has 1 saturated heterocycles. The van der Waals surface area contributed by atoms with Crippen molar-refractivity contribution in [2.45, 2.75) is 33.6 Å². The van der Waals surface area contributed by atoms with Crippen LogP contribution < -0.4 is 9.64 Å². The maximum absolute atomic E-state index is 5.95. The summed E-state index contributed by atoms with van der Waals surface area (Å²) in [4.78, 5) is 16.5. The SMILES string of the molecule is Cc1cc(N2CCC(COc3ccc(-c4sc(C)nc4C)nn3)CC2)n2ncnc2n1. The normalized spacial score (nSPS) is 15.0. The van der Waals surface area contributed by atoms with Gasteiger partial charge in [-0.05, 0) is 45.6 Å². The predicted molar refractivity (Wildman–Crippen MR) is 119 cm³/mol. The van der Waals surface area contributed by atoms with Gasteiger partial charge in [0.15, 0.2) is 0 Å². The first-order valence-corrected chi connectivity index (χ1v) is 11.2. The van der Waals surface area contributed by atoms with E-state index < -0.39 is 0 Å². The number of thiazole rings is 1. The molecule has 9 nitrogen and oxygen atoms in total. The van der Waals surface area contributed by atoms with E-state index in [0.717, 1.165) is 58.7 Å². The summed E-state index contributed by atoms with van der Waals surface area (Å²) >= 11 is 1.64. The van der Waals surface area contributed by atoms with Crippen molar-refractivity contribution in [1.82, 2.24) is 34.8 Å². The Balaban J connectivity index is 1.18. The molecular weight excluding hydrogens is 412 g/mol. The Bertz CT molecular complexity index is 1190. The van der Waals surface area contributed by atoms with Crippen molar-refractivity contribution in [3.63, 3.8) is 0 Å². The Labute approximate surface area is 184 Å². The molecule has 1 fully saturated rings. The molecule has 31 heavy (non-hydrogen) atoms. The average Bonchev–Trinajstić information content (AvgIpc) is 3.38. The summed E-state index contributed by atoms with van der Waals surface area (Å²) in [7, 11) is 0. The molecule has 0 aromatic carbocycles. The number of hydrogen-bond acceptors (Lipinski definition) is 9. The standard InChI is InChI=1S/C21H24N8OS/c1-13-10-19(29-21(24-13)22-12-23-29)28-8-6-16(7-9-28)11-30-18-5-4-17(26-27-18)20-14(2)25-15(3)31-20/h4-5,10,12,16H,6-9,11H2,1-3H3. The highest BCUT2D eigenvalue weighted by atomic mass is 32.1. The van der Waals surface area contributed by atoms with Crippen molar-refractivity contribution >= 4 is 22.9 Å². The van der Waals surface area contributed by atoms with Crippen LogP contribution in [0.15, 0.2) is 24.5 Å². The number of fused-ring (bicyclic) bond motifs is 1. The van der Waals surface area contributed by atoms with E-state index in [1.807, 2.05) is 37.4 Å². The summed E-state index contributed by atoms with van der Waals surface area (Å²) in [6.07, 6.45) is 3.64. The van der Waals surface area contributed by atoms with Crippen molar-refractivity contribution in [2.75, 3.05) is 24.6 Å². The number of ether oxygens (including phenoxy) is 1. The van der Waals surface area contributed by atoms with Crippen LogP contribution in [0.1, 0.15) is 29.2 Å². The molecule has 5 heterocycles. The lowest BCUT2D eigenvalue weighted by molar-refractivity contribution is 0.214. The van der Waals surface area contributed by atoms with Crippen LogP contribution in [0.4, 0.5) is 5.82 Å². The van der Waals surface area contributed by atoms with Crippen molar-refractivity contribution in [2.24, 2.45) is 5.92 Å². The Morgan fingerprint density at radius 3 is 2.65 bits per heavy atom. The fourth-order valence-electron chi connectivity index (χ4n) is 3.96. The van der Waals surface area contributed by atoms with Gasteiger partial charge in [0, 0.05) is 30.9 Å². The lowest BCUT2D eigenvalue weighted by Gasteiger charge is -2.33. The third-order valence-electron chi connectivity index (χ3n) is 5.54.